The second kappa shape index (κ2) is 9.25. The predicted octanol–water partition coefficient (Wildman–Crippen LogP) is 2.18. The number of carbonyl (C=O) groups is 2. The number of hydrogen-bond donors (Lipinski definition) is 2. The lowest BCUT2D eigenvalue weighted by atomic mass is 9.99. The maximum Gasteiger partial charge on any atom is 0.241 e. The Labute approximate surface area is 154 Å². The van der Waals surface area contributed by atoms with Crippen molar-refractivity contribution in [3.63, 3.8) is 0 Å². The molecule has 0 bridgehead atoms. The van der Waals surface area contributed by atoms with E-state index in [0.717, 1.165) is 6.42 Å². The summed E-state index contributed by atoms with van der Waals surface area (Å²) in [6.45, 7) is 5.14. The van der Waals surface area contributed by atoms with E-state index in [9.17, 15) is 9.59 Å². The lowest BCUT2D eigenvalue weighted by Gasteiger charge is -2.19. The van der Waals surface area contributed by atoms with Gasteiger partial charge in [-0.25, -0.2) is 0 Å². The zero-order chi connectivity index (χ0) is 17.0. The number of nitrogens with one attached hydrogen (secondary N) is 1. The number of hydrogen-bond acceptors (Lipinski definition) is 3. The molecule has 2 atom stereocenters. The van der Waals surface area contributed by atoms with Gasteiger partial charge in [0, 0.05) is 24.0 Å². The van der Waals surface area contributed by atoms with Crippen molar-refractivity contribution in [3.05, 3.63) is 34.9 Å². The fourth-order valence-corrected chi connectivity index (χ4v) is 2.81. The average Bonchev–Trinajstić information content (AvgIpc) is 3.02. The number of nitrogens with two attached hydrogens (primary N) is 1. The summed E-state index contributed by atoms with van der Waals surface area (Å²) >= 11 is 5.90. The van der Waals surface area contributed by atoms with E-state index < -0.39 is 6.04 Å². The summed E-state index contributed by atoms with van der Waals surface area (Å²) in [6.07, 6.45) is 0.923. The van der Waals surface area contributed by atoms with Crippen molar-refractivity contribution < 1.29 is 9.59 Å². The van der Waals surface area contributed by atoms with Gasteiger partial charge in [0.1, 0.15) is 0 Å². The lowest BCUT2D eigenvalue weighted by molar-refractivity contribution is -0.132. The number of likely N-dealkylation sites (tertiary alicyclic amines) is 1. The molecule has 2 rings (SSSR count). The minimum atomic E-state index is -0.580. The van der Waals surface area contributed by atoms with Gasteiger partial charge in [0.2, 0.25) is 11.8 Å². The Hall–Kier alpha value is -1.30. The van der Waals surface area contributed by atoms with Gasteiger partial charge < -0.3 is 16.0 Å². The molecule has 0 spiro atoms. The van der Waals surface area contributed by atoms with Crippen LogP contribution in [0.2, 0.25) is 5.02 Å². The van der Waals surface area contributed by atoms with Gasteiger partial charge in [-0.05, 0) is 30.0 Å². The average molecular weight is 374 g/mol. The first-order valence-electron chi connectivity index (χ1n) is 7.95. The molecule has 1 aliphatic heterocycles. The molecule has 1 heterocycles. The molecule has 0 saturated carbocycles. The first-order valence-corrected chi connectivity index (χ1v) is 8.32. The van der Waals surface area contributed by atoms with E-state index in [2.05, 4.69) is 5.32 Å². The number of carbonyl (C=O) groups excluding carboxylic acids is 2. The van der Waals surface area contributed by atoms with Crippen LogP contribution < -0.4 is 11.1 Å². The monoisotopic (exact) mass is 373 g/mol. The molecule has 1 unspecified atom stereocenters. The summed E-state index contributed by atoms with van der Waals surface area (Å²) in [6, 6.07) is 7.17. The van der Waals surface area contributed by atoms with Crippen LogP contribution in [0.1, 0.15) is 31.7 Å². The van der Waals surface area contributed by atoms with Crippen LogP contribution in [0.25, 0.3) is 0 Å². The van der Waals surface area contributed by atoms with Gasteiger partial charge in [0.05, 0.1) is 12.6 Å². The largest absolute Gasteiger partial charge is 0.346 e. The number of amides is 2. The second-order valence-corrected chi connectivity index (χ2v) is 6.80. The normalized spacial score (nSPS) is 18.2. The molecule has 0 aromatic heterocycles. The van der Waals surface area contributed by atoms with Gasteiger partial charge in [-0.15, -0.1) is 12.4 Å². The maximum absolute atomic E-state index is 12.2. The summed E-state index contributed by atoms with van der Waals surface area (Å²) in [5.74, 6) is 0.0311. The highest BCUT2D eigenvalue weighted by molar-refractivity contribution is 6.30. The minimum absolute atomic E-state index is 0. The van der Waals surface area contributed by atoms with E-state index in [1.807, 2.05) is 38.1 Å². The van der Waals surface area contributed by atoms with Crippen molar-refractivity contribution in [2.24, 2.45) is 11.7 Å². The number of halogens is 2. The fraction of sp³-hybridized carbons (Fsp3) is 0.529. The van der Waals surface area contributed by atoms with Crippen molar-refractivity contribution in [3.8, 4) is 0 Å². The quantitative estimate of drug-likeness (QED) is 0.830. The third-order valence-corrected chi connectivity index (χ3v) is 4.57. The minimum Gasteiger partial charge on any atom is -0.346 e. The number of nitrogens with zero attached hydrogens (tertiary/aromatic N) is 1. The summed E-state index contributed by atoms with van der Waals surface area (Å²) in [7, 11) is 0. The summed E-state index contributed by atoms with van der Waals surface area (Å²) in [5.41, 5.74) is 6.95. The molecule has 134 valence electrons. The highest BCUT2D eigenvalue weighted by Crippen LogP contribution is 2.27. The third-order valence-electron chi connectivity index (χ3n) is 4.32. The SMILES string of the molecule is CC(C)[C@H](N)C(=O)NCC(=O)N1CCC(c2ccc(Cl)cc2)C1.Cl. The van der Waals surface area contributed by atoms with E-state index in [1.165, 1.54) is 5.56 Å². The highest BCUT2D eigenvalue weighted by Gasteiger charge is 2.27. The van der Waals surface area contributed by atoms with E-state index in [4.69, 9.17) is 17.3 Å². The van der Waals surface area contributed by atoms with E-state index in [0.29, 0.717) is 24.0 Å². The van der Waals surface area contributed by atoms with Crippen LogP contribution in [0.15, 0.2) is 24.3 Å². The fourth-order valence-electron chi connectivity index (χ4n) is 2.69. The van der Waals surface area contributed by atoms with E-state index in [1.54, 1.807) is 4.90 Å². The lowest BCUT2D eigenvalue weighted by Crippen LogP contribution is -2.47. The topological polar surface area (TPSA) is 75.4 Å². The van der Waals surface area contributed by atoms with Crippen LogP contribution >= 0.6 is 24.0 Å². The van der Waals surface area contributed by atoms with Crippen LogP contribution in [0, 0.1) is 5.92 Å². The van der Waals surface area contributed by atoms with Gasteiger partial charge in [-0.3, -0.25) is 9.59 Å². The first kappa shape index (κ1) is 20.7. The summed E-state index contributed by atoms with van der Waals surface area (Å²) < 4.78 is 0. The van der Waals surface area contributed by atoms with Crippen LogP contribution in [0.4, 0.5) is 0 Å². The Morgan fingerprint density at radius 3 is 2.54 bits per heavy atom. The standard InChI is InChI=1S/C17H24ClN3O2.ClH/c1-11(2)16(19)17(23)20-9-15(22)21-8-7-13(10-21)12-3-5-14(18)6-4-12;/h3-6,11,13,16H,7-10,19H2,1-2H3,(H,20,23);1H/t13?,16-;/m0./s1. The predicted molar refractivity (Wildman–Crippen MR) is 98.5 cm³/mol. The zero-order valence-corrected chi connectivity index (χ0v) is 15.6. The van der Waals surface area contributed by atoms with Crippen molar-refractivity contribution in [2.75, 3.05) is 19.6 Å². The Balaban J connectivity index is 0.00000288. The highest BCUT2D eigenvalue weighted by atomic mass is 35.5. The molecular weight excluding hydrogens is 349 g/mol. The molecule has 1 aliphatic rings. The molecule has 7 heteroatoms. The van der Waals surface area contributed by atoms with Crippen molar-refractivity contribution in [1.29, 1.82) is 0 Å². The van der Waals surface area contributed by atoms with Gasteiger partial charge in [0.15, 0.2) is 0 Å². The smallest absolute Gasteiger partial charge is 0.241 e. The van der Waals surface area contributed by atoms with Crippen molar-refractivity contribution in [2.45, 2.75) is 32.2 Å². The molecular formula is C17H25Cl2N3O2. The van der Waals surface area contributed by atoms with Crippen molar-refractivity contribution in [1.82, 2.24) is 10.2 Å². The molecule has 5 nitrogen and oxygen atoms in total. The molecule has 1 saturated heterocycles. The molecule has 1 aromatic carbocycles. The Morgan fingerprint density at radius 2 is 1.96 bits per heavy atom. The number of rotatable bonds is 5. The van der Waals surface area contributed by atoms with Crippen LogP contribution in [0.3, 0.4) is 0 Å². The van der Waals surface area contributed by atoms with Gasteiger partial charge in [-0.1, -0.05) is 37.6 Å². The Bertz CT molecular complexity index is 563. The maximum atomic E-state index is 12.2. The summed E-state index contributed by atoms with van der Waals surface area (Å²) in [4.78, 5) is 25.8. The molecule has 0 radical (unpaired) electrons. The van der Waals surface area contributed by atoms with Gasteiger partial charge in [0.25, 0.3) is 0 Å². The Morgan fingerprint density at radius 1 is 1.33 bits per heavy atom. The van der Waals surface area contributed by atoms with Crippen molar-refractivity contribution >= 4 is 35.8 Å². The molecule has 1 aromatic rings. The summed E-state index contributed by atoms with van der Waals surface area (Å²) in [5, 5.41) is 3.34. The van der Waals surface area contributed by atoms with Crippen LogP contribution in [-0.2, 0) is 9.59 Å². The van der Waals surface area contributed by atoms with E-state index >= 15 is 0 Å². The first-order chi connectivity index (χ1) is 10.9. The third kappa shape index (κ3) is 5.36. The molecule has 24 heavy (non-hydrogen) atoms. The molecule has 2 amide bonds. The van der Waals surface area contributed by atoms with E-state index in [-0.39, 0.29) is 36.7 Å². The molecule has 0 aliphatic carbocycles. The molecule has 3 N–H and O–H groups in total. The van der Waals surface area contributed by atoms with Crippen LogP contribution in [-0.4, -0.2) is 42.4 Å². The second-order valence-electron chi connectivity index (χ2n) is 6.36. The Kier molecular flexibility index (Phi) is 8.00. The van der Waals surface area contributed by atoms with Gasteiger partial charge in [-0.2, -0.15) is 0 Å². The molecule has 1 fully saturated rings. The zero-order valence-electron chi connectivity index (χ0n) is 14.0. The van der Waals surface area contributed by atoms with Gasteiger partial charge >= 0.3 is 0 Å². The number of benzene rings is 1. The van der Waals surface area contributed by atoms with Crippen LogP contribution in [0.5, 0.6) is 0 Å².